The van der Waals surface area contributed by atoms with E-state index in [0.717, 1.165) is 0 Å². The van der Waals surface area contributed by atoms with Gasteiger partial charge in [0.2, 0.25) is 0 Å². The second-order valence-electron chi connectivity index (χ2n) is 4.50. The molecule has 2 rings (SSSR count). The number of hydrogen-bond acceptors (Lipinski definition) is 2. The third-order valence-corrected chi connectivity index (χ3v) is 3.56. The molecule has 1 aliphatic carbocycles. The van der Waals surface area contributed by atoms with Gasteiger partial charge in [0.15, 0.2) is 0 Å². The SMILES string of the molecule is CO[C@@]1(C)C=C[C@](C)(OC)c2ccccc21. The van der Waals surface area contributed by atoms with Crippen LogP contribution >= 0.6 is 0 Å². The van der Waals surface area contributed by atoms with Crippen LogP contribution < -0.4 is 0 Å². The smallest absolute Gasteiger partial charge is 0.108 e. The average molecular weight is 218 g/mol. The number of rotatable bonds is 2. The normalized spacial score (nSPS) is 32.5. The highest BCUT2D eigenvalue weighted by molar-refractivity contribution is 5.45. The zero-order valence-electron chi connectivity index (χ0n) is 10.3. The Kier molecular flexibility index (Phi) is 2.64. The Balaban J connectivity index is 2.64. The van der Waals surface area contributed by atoms with Gasteiger partial charge in [-0.15, -0.1) is 0 Å². The maximum atomic E-state index is 5.60. The van der Waals surface area contributed by atoms with Crippen molar-refractivity contribution in [1.29, 1.82) is 0 Å². The van der Waals surface area contributed by atoms with Crippen LogP contribution in [0.25, 0.3) is 0 Å². The topological polar surface area (TPSA) is 18.5 Å². The van der Waals surface area contributed by atoms with Gasteiger partial charge in [-0.2, -0.15) is 0 Å². The molecule has 16 heavy (non-hydrogen) atoms. The molecule has 0 spiro atoms. The van der Waals surface area contributed by atoms with E-state index in [4.69, 9.17) is 9.47 Å². The van der Waals surface area contributed by atoms with Crippen LogP contribution in [0.2, 0.25) is 0 Å². The number of methoxy groups -OCH3 is 2. The van der Waals surface area contributed by atoms with Gasteiger partial charge in [0.05, 0.1) is 0 Å². The van der Waals surface area contributed by atoms with E-state index in [-0.39, 0.29) is 11.2 Å². The third kappa shape index (κ3) is 1.49. The molecule has 0 unspecified atom stereocenters. The van der Waals surface area contributed by atoms with Crippen molar-refractivity contribution in [3.05, 3.63) is 47.5 Å². The maximum absolute atomic E-state index is 5.60. The average Bonchev–Trinajstić information content (AvgIpc) is 2.35. The van der Waals surface area contributed by atoms with E-state index in [1.54, 1.807) is 14.2 Å². The molecule has 0 amide bonds. The van der Waals surface area contributed by atoms with Crippen molar-refractivity contribution in [3.8, 4) is 0 Å². The summed E-state index contributed by atoms with van der Waals surface area (Å²) in [6.07, 6.45) is 4.14. The van der Waals surface area contributed by atoms with Gasteiger partial charge in [-0.25, -0.2) is 0 Å². The molecule has 1 aromatic carbocycles. The standard InChI is InChI=1S/C14H18O2/c1-13(15-3)9-10-14(2,16-4)12-8-6-5-7-11(12)13/h5-10H,1-4H3/t13-,14-/m0/s1. The molecule has 0 fully saturated rings. The summed E-state index contributed by atoms with van der Waals surface area (Å²) in [5.41, 5.74) is 1.64. The van der Waals surface area contributed by atoms with Crippen LogP contribution in [0.4, 0.5) is 0 Å². The fourth-order valence-electron chi connectivity index (χ4n) is 2.20. The minimum atomic E-state index is -0.353. The van der Waals surface area contributed by atoms with Gasteiger partial charge in [0.25, 0.3) is 0 Å². The van der Waals surface area contributed by atoms with Crippen molar-refractivity contribution >= 4 is 0 Å². The summed E-state index contributed by atoms with van der Waals surface area (Å²) >= 11 is 0. The number of benzene rings is 1. The summed E-state index contributed by atoms with van der Waals surface area (Å²) in [5, 5.41) is 0. The molecule has 2 nitrogen and oxygen atoms in total. The van der Waals surface area contributed by atoms with Gasteiger partial charge in [0.1, 0.15) is 11.2 Å². The van der Waals surface area contributed by atoms with Gasteiger partial charge in [0, 0.05) is 14.2 Å². The highest BCUT2D eigenvalue weighted by atomic mass is 16.5. The van der Waals surface area contributed by atoms with E-state index in [2.05, 4.69) is 38.1 Å². The molecule has 0 aromatic heterocycles. The zero-order chi connectivity index (χ0) is 11.8. The molecule has 86 valence electrons. The molecule has 1 aliphatic rings. The number of fused-ring (bicyclic) bond motifs is 1. The van der Waals surface area contributed by atoms with Crippen molar-refractivity contribution in [2.24, 2.45) is 0 Å². The van der Waals surface area contributed by atoms with E-state index < -0.39 is 0 Å². The molecule has 2 atom stereocenters. The summed E-state index contributed by atoms with van der Waals surface area (Å²) in [5.74, 6) is 0. The number of hydrogen-bond donors (Lipinski definition) is 0. The van der Waals surface area contributed by atoms with Gasteiger partial charge < -0.3 is 9.47 Å². The van der Waals surface area contributed by atoms with Crippen molar-refractivity contribution in [2.75, 3.05) is 14.2 Å². The highest BCUT2D eigenvalue weighted by Gasteiger charge is 2.37. The van der Waals surface area contributed by atoms with Crippen molar-refractivity contribution in [3.63, 3.8) is 0 Å². The van der Waals surface area contributed by atoms with E-state index >= 15 is 0 Å². The quantitative estimate of drug-likeness (QED) is 0.710. The second kappa shape index (κ2) is 3.72. The Morgan fingerprint density at radius 3 is 1.50 bits per heavy atom. The van der Waals surface area contributed by atoms with Crippen LogP contribution in [0.1, 0.15) is 25.0 Å². The van der Waals surface area contributed by atoms with Crippen molar-refractivity contribution in [2.45, 2.75) is 25.0 Å². The molecule has 0 bridgehead atoms. The molecular weight excluding hydrogens is 200 g/mol. The molecule has 0 saturated heterocycles. The minimum absolute atomic E-state index is 0.353. The van der Waals surface area contributed by atoms with E-state index in [0.29, 0.717) is 0 Å². The lowest BCUT2D eigenvalue weighted by molar-refractivity contribution is 0.00928. The lowest BCUT2D eigenvalue weighted by Crippen LogP contribution is -2.35. The fraction of sp³-hybridized carbons (Fsp3) is 0.429. The first kappa shape index (κ1) is 11.4. The van der Waals surface area contributed by atoms with Crippen LogP contribution in [0, 0.1) is 0 Å². The first-order valence-corrected chi connectivity index (χ1v) is 5.46. The van der Waals surface area contributed by atoms with E-state index in [1.807, 2.05) is 12.1 Å². The Hall–Kier alpha value is -1.12. The minimum Gasteiger partial charge on any atom is -0.370 e. The summed E-state index contributed by atoms with van der Waals surface area (Å²) in [6.45, 7) is 4.13. The zero-order valence-corrected chi connectivity index (χ0v) is 10.3. The molecule has 0 heterocycles. The summed E-state index contributed by atoms with van der Waals surface area (Å²) in [4.78, 5) is 0. The molecular formula is C14H18O2. The highest BCUT2D eigenvalue weighted by Crippen LogP contribution is 2.41. The van der Waals surface area contributed by atoms with Crippen LogP contribution in [0.5, 0.6) is 0 Å². The van der Waals surface area contributed by atoms with Crippen LogP contribution in [0.15, 0.2) is 36.4 Å². The molecule has 0 N–H and O–H groups in total. The Morgan fingerprint density at radius 1 is 0.812 bits per heavy atom. The van der Waals surface area contributed by atoms with E-state index in [1.165, 1.54) is 11.1 Å². The molecule has 0 radical (unpaired) electrons. The maximum Gasteiger partial charge on any atom is 0.108 e. The van der Waals surface area contributed by atoms with Crippen LogP contribution in [0.3, 0.4) is 0 Å². The molecule has 2 heteroatoms. The Labute approximate surface area is 96.9 Å². The summed E-state index contributed by atoms with van der Waals surface area (Å²) in [6, 6.07) is 8.26. The van der Waals surface area contributed by atoms with Crippen molar-refractivity contribution in [1.82, 2.24) is 0 Å². The van der Waals surface area contributed by atoms with Gasteiger partial charge >= 0.3 is 0 Å². The lowest BCUT2D eigenvalue weighted by Gasteiger charge is -2.38. The lowest BCUT2D eigenvalue weighted by atomic mass is 9.78. The van der Waals surface area contributed by atoms with Crippen molar-refractivity contribution < 1.29 is 9.47 Å². The Morgan fingerprint density at radius 2 is 1.19 bits per heavy atom. The van der Waals surface area contributed by atoms with E-state index in [9.17, 15) is 0 Å². The molecule has 1 aromatic rings. The van der Waals surface area contributed by atoms with Gasteiger partial charge in [-0.05, 0) is 37.1 Å². The third-order valence-electron chi connectivity index (χ3n) is 3.56. The number of ether oxygens (including phenoxy) is 2. The second-order valence-corrected chi connectivity index (χ2v) is 4.50. The van der Waals surface area contributed by atoms with Crippen LogP contribution in [-0.2, 0) is 20.7 Å². The molecule has 0 aliphatic heterocycles. The van der Waals surface area contributed by atoms with Crippen LogP contribution in [-0.4, -0.2) is 14.2 Å². The monoisotopic (exact) mass is 218 g/mol. The first-order chi connectivity index (χ1) is 7.56. The Bertz CT molecular complexity index is 385. The summed E-state index contributed by atoms with van der Waals surface area (Å²) in [7, 11) is 3.47. The predicted octanol–water partition coefficient (Wildman–Crippen LogP) is 2.98. The fourth-order valence-corrected chi connectivity index (χ4v) is 2.20. The van der Waals surface area contributed by atoms with Gasteiger partial charge in [-0.1, -0.05) is 24.3 Å². The largest absolute Gasteiger partial charge is 0.370 e. The van der Waals surface area contributed by atoms with Gasteiger partial charge in [-0.3, -0.25) is 0 Å². The molecule has 0 saturated carbocycles. The summed E-state index contributed by atoms with van der Waals surface area (Å²) < 4.78 is 11.2. The first-order valence-electron chi connectivity index (χ1n) is 5.46. The predicted molar refractivity (Wildman–Crippen MR) is 64.3 cm³/mol.